The molecule has 5 heteroatoms. The van der Waals surface area contributed by atoms with E-state index in [0.717, 1.165) is 12.4 Å². The van der Waals surface area contributed by atoms with Crippen molar-refractivity contribution in [3.63, 3.8) is 0 Å². The Hall–Kier alpha value is -1.75. The lowest BCUT2D eigenvalue weighted by Crippen LogP contribution is -2.39. The van der Waals surface area contributed by atoms with Crippen molar-refractivity contribution in [2.75, 3.05) is 13.2 Å². The fourth-order valence-electron chi connectivity index (χ4n) is 2.83. The van der Waals surface area contributed by atoms with Crippen molar-refractivity contribution in [3.05, 3.63) is 24.3 Å². The zero-order valence-corrected chi connectivity index (χ0v) is 14.7. The second-order valence-electron chi connectivity index (χ2n) is 6.64. The predicted octanol–water partition coefficient (Wildman–Crippen LogP) is 2.91. The van der Waals surface area contributed by atoms with E-state index in [2.05, 4.69) is 5.32 Å². The van der Waals surface area contributed by atoms with E-state index in [4.69, 9.17) is 9.47 Å². The topological polar surface area (TPSA) is 67.8 Å². The number of nitrogens with one attached hydrogen (secondary N) is 1. The van der Waals surface area contributed by atoms with Crippen LogP contribution in [0.1, 0.15) is 46.0 Å². The van der Waals surface area contributed by atoms with Gasteiger partial charge in [0.25, 0.3) is 5.91 Å². The molecule has 1 saturated carbocycles. The first-order chi connectivity index (χ1) is 11.5. The molecule has 0 aromatic heterocycles. The van der Waals surface area contributed by atoms with Gasteiger partial charge < -0.3 is 19.9 Å². The summed E-state index contributed by atoms with van der Waals surface area (Å²) in [5.74, 6) is 1.89. The second-order valence-corrected chi connectivity index (χ2v) is 6.64. The zero-order valence-electron chi connectivity index (χ0n) is 14.7. The fourth-order valence-corrected chi connectivity index (χ4v) is 2.83. The van der Waals surface area contributed by atoms with Crippen molar-refractivity contribution >= 4 is 5.91 Å². The highest BCUT2D eigenvalue weighted by Gasteiger charge is 2.16. The largest absolute Gasteiger partial charge is 0.493 e. The zero-order chi connectivity index (χ0) is 17.4. The van der Waals surface area contributed by atoms with Gasteiger partial charge in [-0.2, -0.15) is 0 Å². The summed E-state index contributed by atoms with van der Waals surface area (Å²) in [6.45, 7) is 4.31. The minimum absolute atomic E-state index is 0.223. The van der Waals surface area contributed by atoms with Gasteiger partial charge in [-0.3, -0.25) is 4.79 Å². The quantitative estimate of drug-likeness (QED) is 0.766. The highest BCUT2D eigenvalue weighted by Crippen LogP contribution is 2.25. The van der Waals surface area contributed by atoms with E-state index < -0.39 is 12.2 Å². The number of aliphatic hydroxyl groups excluding tert-OH is 1. The molecule has 1 aliphatic rings. The monoisotopic (exact) mass is 335 g/mol. The van der Waals surface area contributed by atoms with E-state index in [1.54, 1.807) is 13.8 Å². The van der Waals surface area contributed by atoms with Crippen molar-refractivity contribution in [2.45, 2.75) is 58.2 Å². The Kier molecular flexibility index (Phi) is 7.37. The third kappa shape index (κ3) is 6.40. The number of hydrogen-bond acceptors (Lipinski definition) is 4. The van der Waals surface area contributed by atoms with Crippen LogP contribution >= 0.6 is 0 Å². The maximum Gasteiger partial charge on any atom is 0.260 e. The number of benzene rings is 1. The molecule has 0 saturated heterocycles. The lowest BCUT2D eigenvalue weighted by atomic mass is 9.90. The highest BCUT2D eigenvalue weighted by molar-refractivity contribution is 5.80. The van der Waals surface area contributed by atoms with Crippen LogP contribution in [0.2, 0.25) is 0 Å². The van der Waals surface area contributed by atoms with Gasteiger partial charge in [0, 0.05) is 6.54 Å². The van der Waals surface area contributed by atoms with E-state index in [1.165, 1.54) is 32.1 Å². The van der Waals surface area contributed by atoms with Crippen LogP contribution < -0.4 is 14.8 Å². The Bertz CT molecular complexity index is 495. The number of carbonyl (C=O) groups excluding carboxylic acids is 1. The van der Waals surface area contributed by atoms with Crippen LogP contribution in [-0.2, 0) is 4.79 Å². The van der Waals surface area contributed by atoms with Crippen molar-refractivity contribution < 1.29 is 19.4 Å². The molecule has 0 bridgehead atoms. The second kappa shape index (κ2) is 9.52. The van der Waals surface area contributed by atoms with Crippen LogP contribution in [0.15, 0.2) is 24.3 Å². The molecule has 1 aliphatic carbocycles. The SMILES string of the molecule is CC(O)CNC(=O)C(C)Oc1ccc(OCC2CCCCC2)cc1. The van der Waals surface area contributed by atoms with Crippen LogP contribution in [0.5, 0.6) is 11.5 Å². The first-order valence-corrected chi connectivity index (χ1v) is 8.90. The summed E-state index contributed by atoms with van der Waals surface area (Å²) in [5.41, 5.74) is 0. The molecule has 2 rings (SSSR count). The summed E-state index contributed by atoms with van der Waals surface area (Å²) < 4.78 is 11.5. The average molecular weight is 335 g/mol. The van der Waals surface area contributed by atoms with Crippen molar-refractivity contribution in [1.29, 1.82) is 0 Å². The summed E-state index contributed by atoms with van der Waals surface area (Å²) in [4.78, 5) is 11.8. The molecule has 2 atom stereocenters. The number of ether oxygens (including phenoxy) is 2. The summed E-state index contributed by atoms with van der Waals surface area (Å²) in [6.07, 6.45) is 5.33. The summed E-state index contributed by atoms with van der Waals surface area (Å²) in [7, 11) is 0. The molecular formula is C19H29NO4. The van der Waals surface area contributed by atoms with Crippen LogP contribution in [-0.4, -0.2) is 36.4 Å². The average Bonchev–Trinajstić information content (AvgIpc) is 2.60. The van der Waals surface area contributed by atoms with Crippen LogP contribution in [0, 0.1) is 5.92 Å². The van der Waals surface area contributed by atoms with Gasteiger partial charge in [0.05, 0.1) is 12.7 Å². The van der Waals surface area contributed by atoms with Gasteiger partial charge >= 0.3 is 0 Å². The summed E-state index contributed by atoms with van der Waals surface area (Å²) >= 11 is 0. The van der Waals surface area contributed by atoms with Gasteiger partial charge in [-0.05, 0) is 56.9 Å². The van der Waals surface area contributed by atoms with Gasteiger partial charge in [-0.1, -0.05) is 19.3 Å². The van der Waals surface area contributed by atoms with Crippen LogP contribution in [0.3, 0.4) is 0 Å². The van der Waals surface area contributed by atoms with Gasteiger partial charge in [0.2, 0.25) is 0 Å². The standard InChI is InChI=1S/C19H29NO4/c1-14(21)12-20-19(22)15(2)24-18-10-8-17(9-11-18)23-13-16-6-4-3-5-7-16/h8-11,14-16,21H,3-7,12-13H2,1-2H3,(H,20,22). The third-order valence-electron chi connectivity index (χ3n) is 4.29. The molecule has 1 aromatic carbocycles. The first-order valence-electron chi connectivity index (χ1n) is 8.90. The Balaban J connectivity index is 1.75. The number of carbonyl (C=O) groups is 1. The summed E-state index contributed by atoms with van der Waals surface area (Å²) in [6, 6.07) is 7.38. The Labute approximate surface area is 144 Å². The lowest BCUT2D eigenvalue weighted by Gasteiger charge is -2.21. The maximum absolute atomic E-state index is 11.8. The highest BCUT2D eigenvalue weighted by atomic mass is 16.5. The van der Waals surface area contributed by atoms with Crippen molar-refractivity contribution in [2.24, 2.45) is 5.92 Å². The van der Waals surface area contributed by atoms with Gasteiger partial charge in [0.15, 0.2) is 6.10 Å². The molecule has 24 heavy (non-hydrogen) atoms. The molecule has 0 aliphatic heterocycles. The summed E-state index contributed by atoms with van der Waals surface area (Å²) in [5, 5.41) is 11.8. The molecule has 134 valence electrons. The van der Waals surface area contributed by atoms with Gasteiger partial charge in [-0.15, -0.1) is 0 Å². The normalized spacial score (nSPS) is 17.8. The van der Waals surface area contributed by atoms with E-state index in [0.29, 0.717) is 11.7 Å². The molecule has 1 amide bonds. The van der Waals surface area contributed by atoms with E-state index in [1.807, 2.05) is 24.3 Å². The molecule has 2 unspecified atom stereocenters. The van der Waals surface area contributed by atoms with E-state index in [-0.39, 0.29) is 12.5 Å². The minimum atomic E-state index is -0.613. The number of aliphatic hydroxyl groups is 1. The van der Waals surface area contributed by atoms with Crippen LogP contribution in [0.4, 0.5) is 0 Å². The van der Waals surface area contributed by atoms with E-state index >= 15 is 0 Å². The lowest BCUT2D eigenvalue weighted by molar-refractivity contribution is -0.127. The molecule has 0 heterocycles. The molecule has 0 radical (unpaired) electrons. The molecule has 1 fully saturated rings. The van der Waals surface area contributed by atoms with E-state index in [9.17, 15) is 9.90 Å². The third-order valence-corrected chi connectivity index (χ3v) is 4.29. The minimum Gasteiger partial charge on any atom is -0.493 e. The Morgan fingerprint density at radius 3 is 2.42 bits per heavy atom. The predicted molar refractivity (Wildman–Crippen MR) is 93.3 cm³/mol. The van der Waals surface area contributed by atoms with Gasteiger partial charge in [0.1, 0.15) is 11.5 Å². The maximum atomic E-state index is 11.8. The number of amides is 1. The fraction of sp³-hybridized carbons (Fsp3) is 0.632. The Morgan fingerprint density at radius 2 is 1.79 bits per heavy atom. The molecule has 5 nitrogen and oxygen atoms in total. The van der Waals surface area contributed by atoms with Gasteiger partial charge in [-0.25, -0.2) is 0 Å². The molecular weight excluding hydrogens is 306 g/mol. The molecule has 2 N–H and O–H groups in total. The molecule has 0 spiro atoms. The Morgan fingerprint density at radius 1 is 1.17 bits per heavy atom. The smallest absolute Gasteiger partial charge is 0.260 e. The van der Waals surface area contributed by atoms with Crippen molar-refractivity contribution in [1.82, 2.24) is 5.32 Å². The number of rotatable bonds is 8. The molecule has 1 aromatic rings. The number of hydrogen-bond donors (Lipinski definition) is 2. The first kappa shape index (κ1) is 18.6. The van der Waals surface area contributed by atoms with Crippen LogP contribution in [0.25, 0.3) is 0 Å². The van der Waals surface area contributed by atoms with Crippen molar-refractivity contribution in [3.8, 4) is 11.5 Å².